The van der Waals surface area contributed by atoms with Crippen LogP contribution in [0.2, 0.25) is 0 Å². The Hall–Kier alpha value is -0.860. The lowest BCUT2D eigenvalue weighted by atomic mass is 9.81. The first kappa shape index (κ1) is 13.6. The van der Waals surface area contributed by atoms with Crippen molar-refractivity contribution in [1.29, 1.82) is 0 Å². The van der Waals surface area contributed by atoms with Gasteiger partial charge < -0.3 is 11.1 Å². The Labute approximate surface area is 111 Å². The lowest BCUT2D eigenvalue weighted by Gasteiger charge is -2.28. The highest BCUT2D eigenvalue weighted by Gasteiger charge is 2.20. The van der Waals surface area contributed by atoms with Crippen LogP contribution in [0, 0.1) is 11.8 Å². The van der Waals surface area contributed by atoms with E-state index in [1.807, 2.05) is 0 Å². The normalized spacial score (nSPS) is 24.1. The molecule has 0 aromatic heterocycles. The van der Waals surface area contributed by atoms with Gasteiger partial charge in [-0.05, 0) is 62.7 Å². The maximum atomic E-state index is 5.78. The number of rotatable bonds is 6. The van der Waals surface area contributed by atoms with Crippen molar-refractivity contribution in [2.75, 3.05) is 19.6 Å². The Morgan fingerprint density at radius 2 is 1.89 bits per heavy atom. The molecule has 1 aliphatic rings. The van der Waals surface area contributed by atoms with E-state index < -0.39 is 0 Å². The van der Waals surface area contributed by atoms with E-state index in [1.165, 1.54) is 37.8 Å². The van der Waals surface area contributed by atoms with Crippen LogP contribution in [0.4, 0.5) is 0 Å². The van der Waals surface area contributed by atoms with Crippen molar-refractivity contribution in [3.8, 4) is 0 Å². The van der Waals surface area contributed by atoms with Gasteiger partial charge in [-0.25, -0.2) is 0 Å². The summed E-state index contributed by atoms with van der Waals surface area (Å²) in [4.78, 5) is 0. The Kier molecular flexibility index (Phi) is 5.69. The molecule has 2 heteroatoms. The molecule has 0 heterocycles. The fourth-order valence-corrected chi connectivity index (χ4v) is 2.99. The van der Waals surface area contributed by atoms with E-state index in [1.54, 1.807) is 0 Å². The zero-order valence-corrected chi connectivity index (χ0v) is 11.3. The highest BCUT2D eigenvalue weighted by Crippen LogP contribution is 2.27. The Balaban J connectivity index is 1.60. The Bertz CT molecular complexity index is 323. The van der Waals surface area contributed by atoms with Crippen LogP contribution in [-0.2, 0) is 6.42 Å². The third kappa shape index (κ3) is 4.43. The molecule has 0 aliphatic heterocycles. The summed E-state index contributed by atoms with van der Waals surface area (Å²) in [5.41, 5.74) is 7.20. The monoisotopic (exact) mass is 246 g/mol. The molecule has 2 atom stereocenters. The van der Waals surface area contributed by atoms with Crippen molar-refractivity contribution in [3.05, 3.63) is 35.9 Å². The summed E-state index contributed by atoms with van der Waals surface area (Å²) in [6, 6.07) is 10.7. The molecule has 3 N–H and O–H groups in total. The van der Waals surface area contributed by atoms with Crippen molar-refractivity contribution in [2.24, 2.45) is 17.6 Å². The van der Waals surface area contributed by atoms with Gasteiger partial charge in [0.1, 0.15) is 0 Å². The maximum Gasteiger partial charge on any atom is -0.000824 e. The van der Waals surface area contributed by atoms with Crippen molar-refractivity contribution in [2.45, 2.75) is 32.1 Å². The number of benzene rings is 1. The molecular formula is C16H26N2. The van der Waals surface area contributed by atoms with Gasteiger partial charge in [-0.15, -0.1) is 0 Å². The highest BCUT2D eigenvalue weighted by atomic mass is 14.9. The highest BCUT2D eigenvalue weighted by molar-refractivity contribution is 5.14. The number of nitrogens with two attached hydrogens (primary N) is 1. The molecule has 2 nitrogen and oxygen atoms in total. The second-order valence-electron chi connectivity index (χ2n) is 5.57. The summed E-state index contributed by atoms with van der Waals surface area (Å²) < 4.78 is 0. The molecule has 1 aromatic rings. The van der Waals surface area contributed by atoms with E-state index in [2.05, 4.69) is 35.6 Å². The number of nitrogens with one attached hydrogen (secondary N) is 1. The maximum absolute atomic E-state index is 5.78. The van der Waals surface area contributed by atoms with Crippen molar-refractivity contribution in [1.82, 2.24) is 5.32 Å². The molecule has 0 bridgehead atoms. The zero-order valence-electron chi connectivity index (χ0n) is 11.3. The molecule has 18 heavy (non-hydrogen) atoms. The van der Waals surface area contributed by atoms with Crippen LogP contribution in [0.1, 0.15) is 31.2 Å². The average molecular weight is 246 g/mol. The largest absolute Gasteiger partial charge is 0.330 e. The summed E-state index contributed by atoms with van der Waals surface area (Å²) >= 11 is 0. The van der Waals surface area contributed by atoms with Gasteiger partial charge in [0.25, 0.3) is 0 Å². The molecule has 2 rings (SSSR count). The summed E-state index contributed by atoms with van der Waals surface area (Å²) in [6.45, 7) is 3.14. The molecule has 1 fully saturated rings. The number of hydrogen-bond acceptors (Lipinski definition) is 2. The van der Waals surface area contributed by atoms with Crippen LogP contribution < -0.4 is 11.1 Å². The molecule has 0 radical (unpaired) electrons. The van der Waals surface area contributed by atoms with E-state index in [-0.39, 0.29) is 0 Å². The first-order chi connectivity index (χ1) is 8.88. The van der Waals surface area contributed by atoms with Crippen molar-refractivity contribution < 1.29 is 0 Å². The molecule has 100 valence electrons. The lowest BCUT2D eigenvalue weighted by molar-refractivity contribution is 0.265. The van der Waals surface area contributed by atoms with Gasteiger partial charge in [-0.2, -0.15) is 0 Å². The van der Waals surface area contributed by atoms with E-state index >= 15 is 0 Å². The van der Waals surface area contributed by atoms with Crippen LogP contribution in [-0.4, -0.2) is 19.6 Å². The first-order valence-corrected chi connectivity index (χ1v) is 7.33. The van der Waals surface area contributed by atoms with Gasteiger partial charge in [-0.1, -0.05) is 36.8 Å². The lowest BCUT2D eigenvalue weighted by Crippen LogP contribution is -2.30. The SMILES string of the molecule is NCC1CCCC(CNCCc2ccccc2)C1. The minimum atomic E-state index is 0.777. The van der Waals surface area contributed by atoms with Gasteiger partial charge in [0.2, 0.25) is 0 Å². The van der Waals surface area contributed by atoms with Crippen LogP contribution >= 0.6 is 0 Å². The van der Waals surface area contributed by atoms with E-state index in [0.29, 0.717) is 0 Å². The molecule has 1 aliphatic carbocycles. The van der Waals surface area contributed by atoms with E-state index in [0.717, 1.165) is 31.3 Å². The summed E-state index contributed by atoms with van der Waals surface area (Å²) in [5.74, 6) is 1.63. The van der Waals surface area contributed by atoms with Gasteiger partial charge in [0.05, 0.1) is 0 Å². The van der Waals surface area contributed by atoms with Gasteiger partial charge in [-0.3, -0.25) is 0 Å². The summed E-state index contributed by atoms with van der Waals surface area (Å²) in [6.07, 6.45) is 6.56. The standard InChI is InChI=1S/C16H26N2/c17-12-15-7-4-8-16(11-15)13-18-10-9-14-5-2-1-3-6-14/h1-3,5-6,15-16,18H,4,7-13,17H2. The quantitative estimate of drug-likeness (QED) is 0.757. The fourth-order valence-electron chi connectivity index (χ4n) is 2.99. The van der Waals surface area contributed by atoms with Crippen molar-refractivity contribution >= 4 is 0 Å². The molecule has 0 amide bonds. The van der Waals surface area contributed by atoms with Crippen molar-refractivity contribution in [3.63, 3.8) is 0 Å². The smallest absolute Gasteiger partial charge is 0.000824 e. The Morgan fingerprint density at radius 3 is 2.67 bits per heavy atom. The Morgan fingerprint density at radius 1 is 1.11 bits per heavy atom. The van der Waals surface area contributed by atoms with Crippen LogP contribution in [0.25, 0.3) is 0 Å². The predicted octanol–water partition coefficient (Wildman–Crippen LogP) is 2.58. The number of hydrogen-bond donors (Lipinski definition) is 2. The third-order valence-electron chi connectivity index (χ3n) is 4.09. The first-order valence-electron chi connectivity index (χ1n) is 7.33. The molecule has 2 unspecified atom stereocenters. The molecule has 0 saturated heterocycles. The minimum absolute atomic E-state index is 0.777. The fraction of sp³-hybridized carbons (Fsp3) is 0.625. The van der Waals surface area contributed by atoms with Crippen LogP contribution in [0.5, 0.6) is 0 Å². The molecule has 1 saturated carbocycles. The summed E-state index contributed by atoms with van der Waals surface area (Å²) in [7, 11) is 0. The topological polar surface area (TPSA) is 38.0 Å². The average Bonchev–Trinajstić information content (AvgIpc) is 2.45. The zero-order chi connectivity index (χ0) is 12.6. The molecule has 0 spiro atoms. The molecule has 1 aromatic carbocycles. The van der Waals surface area contributed by atoms with Crippen LogP contribution in [0.15, 0.2) is 30.3 Å². The summed E-state index contributed by atoms with van der Waals surface area (Å²) in [5, 5.41) is 3.61. The minimum Gasteiger partial charge on any atom is -0.330 e. The van der Waals surface area contributed by atoms with Gasteiger partial charge in [0, 0.05) is 0 Å². The predicted molar refractivity (Wildman–Crippen MR) is 77.5 cm³/mol. The third-order valence-corrected chi connectivity index (χ3v) is 4.09. The second kappa shape index (κ2) is 7.55. The van der Waals surface area contributed by atoms with Crippen LogP contribution in [0.3, 0.4) is 0 Å². The van der Waals surface area contributed by atoms with E-state index in [4.69, 9.17) is 5.73 Å². The van der Waals surface area contributed by atoms with E-state index in [9.17, 15) is 0 Å². The van der Waals surface area contributed by atoms with Gasteiger partial charge in [0.15, 0.2) is 0 Å². The van der Waals surface area contributed by atoms with Gasteiger partial charge >= 0.3 is 0 Å². The second-order valence-corrected chi connectivity index (χ2v) is 5.57. The molecular weight excluding hydrogens is 220 g/mol.